The Hall–Kier alpha value is -1.69. The number of piperidine rings is 1. The molecule has 25 heavy (non-hydrogen) atoms. The summed E-state index contributed by atoms with van der Waals surface area (Å²) in [6, 6.07) is 1.69. The van der Waals surface area contributed by atoms with Crippen molar-refractivity contribution in [1.29, 1.82) is 0 Å². The van der Waals surface area contributed by atoms with Crippen molar-refractivity contribution in [3.8, 4) is 0 Å². The minimum absolute atomic E-state index is 0.0635. The molecule has 0 radical (unpaired) electrons. The molecule has 0 amide bonds. The van der Waals surface area contributed by atoms with E-state index in [9.17, 15) is 4.79 Å². The second-order valence-corrected chi connectivity index (χ2v) is 9.26. The Morgan fingerprint density at radius 3 is 2.44 bits per heavy atom. The quantitative estimate of drug-likeness (QED) is 0.840. The lowest BCUT2D eigenvalue weighted by molar-refractivity contribution is 0.350. The fourth-order valence-electron chi connectivity index (χ4n) is 3.15. The van der Waals surface area contributed by atoms with Crippen LogP contribution in [0.2, 0.25) is 0 Å². The van der Waals surface area contributed by atoms with Crippen LogP contribution < -0.4 is 10.5 Å². The number of nitrogens with zero attached hydrogens (tertiary/aromatic N) is 4. The topological polar surface area (TPSA) is 51.0 Å². The molecule has 136 valence electrons. The number of hydrogen-bond donors (Lipinski definition) is 0. The van der Waals surface area contributed by atoms with E-state index in [0.29, 0.717) is 5.92 Å². The monoisotopic (exact) mass is 360 g/mol. The first kappa shape index (κ1) is 18.1. The fraction of sp³-hybridized carbons (Fsp3) is 0.632. The summed E-state index contributed by atoms with van der Waals surface area (Å²) in [4.78, 5) is 25.2. The third-order valence-corrected chi connectivity index (χ3v) is 6.14. The Morgan fingerprint density at radius 2 is 1.92 bits per heavy atom. The van der Waals surface area contributed by atoms with E-state index in [1.165, 1.54) is 4.88 Å². The maximum Gasteiger partial charge on any atom is 0.253 e. The van der Waals surface area contributed by atoms with Crippen LogP contribution in [0.15, 0.2) is 17.2 Å². The van der Waals surface area contributed by atoms with E-state index < -0.39 is 0 Å². The van der Waals surface area contributed by atoms with Gasteiger partial charge < -0.3 is 4.90 Å². The van der Waals surface area contributed by atoms with Crippen molar-refractivity contribution in [3.05, 3.63) is 39.0 Å². The zero-order valence-electron chi connectivity index (χ0n) is 15.9. The second-order valence-electron chi connectivity index (χ2n) is 8.08. The van der Waals surface area contributed by atoms with Crippen molar-refractivity contribution < 1.29 is 0 Å². The van der Waals surface area contributed by atoms with Gasteiger partial charge >= 0.3 is 0 Å². The molecule has 5 nitrogen and oxygen atoms in total. The molecule has 3 heterocycles. The number of rotatable bonds is 3. The summed E-state index contributed by atoms with van der Waals surface area (Å²) in [5.41, 5.74) is 1.97. The fourth-order valence-corrected chi connectivity index (χ4v) is 4.11. The summed E-state index contributed by atoms with van der Waals surface area (Å²) in [6.45, 7) is 13.2. The first-order valence-electron chi connectivity index (χ1n) is 9.00. The molecule has 1 aliphatic heterocycles. The van der Waals surface area contributed by atoms with Gasteiger partial charge in [0, 0.05) is 36.0 Å². The highest BCUT2D eigenvalue weighted by molar-refractivity contribution is 7.15. The van der Waals surface area contributed by atoms with E-state index in [4.69, 9.17) is 0 Å². The molecule has 1 aliphatic rings. The second kappa shape index (κ2) is 6.90. The molecule has 0 aromatic carbocycles. The standard InChI is InChI=1S/C19H28N4OS/c1-13-14(2)25-18(21-13)22-8-6-15(7-9-22)11-23-12-20-16(10-17(23)24)19(3,4)5/h10,12,15H,6-9,11H2,1-5H3. The number of thiazole rings is 1. The summed E-state index contributed by atoms with van der Waals surface area (Å²) in [5.74, 6) is 0.526. The van der Waals surface area contributed by atoms with Crippen LogP contribution in [0.5, 0.6) is 0 Å². The van der Waals surface area contributed by atoms with Crippen LogP contribution >= 0.6 is 11.3 Å². The van der Waals surface area contributed by atoms with E-state index in [-0.39, 0.29) is 11.0 Å². The van der Waals surface area contributed by atoms with Gasteiger partial charge in [-0.25, -0.2) is 9.97 Å². The first-order valence-corrected chi connectivity index (χ1v) is 9.81. The van der Waals surface area contributed by atoms with Crippen molar-refractivity contribution in [2.75, 3.05) is 18.0 Å². The molecule has 0 atom stereocenters. The van der Waals surface area contributed by atoms with Gasteiger partial charge in [0.2, 0.25) is 0 Å². The Labute approximate surface area is 153 Å². The first-order chi connectivity index (χ1) is 11.7. The molecule has 0 unspecified atom stereocenters. The van der Waals surface area contributed by atoms with Gasteiger partial charge in [0.1, 0.15) is 0 Å². The SMILES string of the molecule is Cc1nc(N2CCC(Cn3cnc(C(C)(C)C)cc3=O)CC2)sc1C. The van der Waals surface area contributed by atoms with E-state index in [2.05, 4.69) is 49.5 Å². The molecular weight excluding hydrogens is 332 g/mol. The van der Waals surface area contributed by atoms with Crippen LogP contribution in [0.4, 0.5) is 5.13 Å². The molecule has 0 aliphatic carbocycles. The van der Waals surface area contributed by atoms with Crippen molar-refractivity contribution in [1.82, 2.24) is 14.5 Å². The molecule has 6 heteroatoms. The normalized spacial score (nSPS) is 16.4. The average molecular weight is 361 g/mol. The highest BCUT2D eigenvalue weighted by Crippen LogP contribution is 2.29. The maximum absolute atomic E-state index is 12.4. The third-order valence-electron chi connectivity index (χ3n) is 5.01. The van der Waals surface area contributed by atoms with Gasteiger partial charge in [0.25, 0.3) is 5.56 Å². The van der Waals surface area contributed by atoms with E-state index in [1.54, 1.807) is 28.3 Å². The predicted octanol–water partition coefficient (Wildman–Crippen LogP) is 3.53. The van der Waals surface area contributed by atoms with Gasteiger partial charge in [0.05, 0.1) is 17.7 Å². The van der Waals surface area contributed by atoms with Crippen LogP contribution in [0.1, 0.15) is 49.9 Å². The lowest BCUT2D eigenvalue weighted by atomic mass is 9.92. The van der Waals surface area contributed by atoms with Crippen molar-refractivity contribution >= 4 is 16.5 Å². The predicted molar refractivity (Wildman–Crippen MR) is 104 cm³/mol. The molecule has 2 aromatic heterocycles. The largest absolute Gasteiger partial charge is 0.348 e. The smallest absolute Gasteiger partial charge is 0.253 e. The number of anilines is 1. The van der Waals surface area contributed by atoms with Gasteiger partial charge in [-0.15, -0.1) is 11.3 Å². The summed E-state index contributed by atoms with van der Waals surface area (Å²) in [6.07, 6.45) is 3.90. The molecule has 1 saturated heterocycles. The molecule has 0 spiro atoms. The van der Waals surface area contributed by atoms with Crippen molar-refractivity contribution in [2.45, 2.75) is 59.4 Å². The van der Waals surface area contributed by atoms with Gasteiger partial charge in [-0.2, -0.15) is 0 Å². The van der Waals surface area contributed by atoms with E-state index in [0.717, 1.165) is 49.0 Å². The molecule has 0 saturated carbocycles. The van der Waals surface area contributed by atoms with E-state index in [1.807, 2.05) is 0 Å². The van der Waals surface area contributed by atoms with Crippen LogP contribution in [0.3, 0.4) is 0 Å². The minimum Gasteiger partial charge on any atom is -0.348 e. The maximum atomic E-state index is 12.4. The highest BCUT2D eigenvalue weighted by Gasteiger charge is 2.23. The Morgan fingerprint density at radius 1 is 1.24 bits per heavy atom. The summed E-state index contributed by atoms with van der Waals surface area (Å²) < 4.78 is 1.77. The summed E-state index contributed by atoms with van der Waals surface area (Å²) in [7, 11) is 0. The number of hydrogen-bond acceptors (Lipinski definition) is 5. The number of aryl methyl sites for hydroxylation is 2. The van der Waals surface area contributed by atoms with Gasteiger partial charge in [-0.1, -0.05) is 20.8 Å². The zero-order valence-corrected chi connectivity index (χ0v) is 16.7. The third kappa shape index (κ3) is 4.11. The lowest BCUT2D eigenvalue weighted by Crippen LogP contribution is -2.36. The van der Waals surface area contributed by atoms with Crippen LogP contribution in [-0.4, -0.2) is 27.6 Å². The Kier molecular flexibility index (Phi) is 5.00. The van der Waals surface area contributed by atoms with Crippen LogP contribution in [0.25, 0.3) is 0 Å². The van der Waals surface area contributed by atoms with Gasteiger partial charge in [-0.3, -0.25) is 9.36 Å². The molecular formula is C19H28N4OS. The molecule has 1 fully saturated rings. The molecule has 2 aromatic rings. The summed E-state index contributed by atoms with van der Waals surface area (Å²) in [5, 5.41) is 1.14. The summed E-state index contributed by atoms with van der Waals surface area (Å²) >= 11 is 1.78. The highest BCUT2D eigenvalue weighted by atomic mass is 32.1. The van der Waals surface area contributed by atoms with Gasteiger partial charge in [0.15, 0.2) is 5.13 Å². The molecule has 3 rings (SSSR count). The van der Waals surface area contributed by atoms with Gasteiger partial charge in [-0.05, 0) is 32.6 Å². The van der Waals surface area contributed by atoms with Crippen LogP contribution in [0, 0.1) is 19.8 Å². The van der Waals surface area contributed by atoms with Crippen molar-refractivity contribution in [2.24, 2.45) is 5.92 Å². The number of aromatic nitrogens is 3. The van der Waals surface area contributed by atoms with Crippen molar-refractivity contribution in [3.63, 3.8) is 0 Å². The minimum atomic E-state index is -0.0897. The molecule has 0 N–H and O–H groups in total. The van der Waals surface area contributed by atoms with E-state index >= 15 is 0 Å². The van der Waals surface area contributed by atoms with Crippen LogP contribution in [-0.2, 0) is 12.0 Å². The average Bonchev–Trinajstić information content (AvgIpc) is 2.88. The Bertz CT molecular complexity index is 775. The molecule has 0 bridgehead atoms. The zero-order chi connectivity index (χ0) is 18.2. The Balaban J connectivity index is 1.62. The lowest BCUT2D eigenvalue weighted by Gasteiger charge is -2.32.